The molecular weight excluding hydrogens is 276 g/mol. The van der Waals surface area contributed by atoms with Gasteiger partial charge in [0.2, 0.25) is 0 Å². The van der Waals surface area contributed by atoms with E-state index in [2.05, 4.69) is 36.3 Å². The van der Waals surface area contributed by atoms with E-state index in [-0.39, 0.29) is 5.60 Å². The summed E-state index contributed by atoms with van der Waals surface area (Å²) >= 11 is 0. The van der Waals surface area contributed by atoms with E-state index in [0.717, 1.165) is 51.6 Å². The number of aliphatic imine (C=N–C) groups is 1. The molecular formula is C17H34N4O. The first kappa shape index (κ1) is 17.5. The summed E-state index contributed by atoms with van der Waals surface area (Å²) in [6.45, 7) is 12.4. The first-order chi connectivity index (χ1) is 10.7. The Bertz CT molecular complexity index is 353. The van der Waals surface area contributed by atoms with Gasteiger partial charge in [0.25, 0.3) is 0 Å². The van der Waals surface area contributed by atoms with Crippen molar-refractivity contribution in [2.45, 2.75) is 64.5 Å². The average molecular weight is 310 g/mol. The molecule has 0 aliphatic carbocycles. The molecule has 2 aliphatic rings. The van der Waals surface area contributed by atoms with Gasteiger partial charge in [0.1, 0.15) is 0 Å². The summed E-state index contributed by atoms with van der Waals surface area (Å²) < 4.78 is 5.83. The van der Waals surface area contributed by atoms with Crippen molar-refractivity contribution in [2.24, 2.45) is 4.99 Å². The number of guanidine groups is 1. The number of ether oxygens (including phenoxy) is 1. The molecule has 0 bridgehead atoms. The number of hydrogen-bond donors (Lipinski definition) is 2. The largest absolute Gasteiger partial charge is 0.373 e. The van der Waals surface area contributed by atoms with Crippen molar-refractivity contribution in [2.75, 3.05) is 39.3 Å². The minimum Gasteiger partial charge on any atom is -0.373 e. The van der Waals surface area contributed by atoms with Crippen LogP contribution in [0, 0.1) is 0 Å². The van der Waals surface area contributed by atoms with Gasteiger partial charge in [-0.1, -0.05) is 13.3 Å². The lowest BCUT2D eigenvalue weighted by atomic mass is 10.0. The summed E-state index contributed by atoms with van der Waals surface area (Å²) in [5.74, 6) is 0.931. The molecule has 2 saturated heterocycles. The lowest BCUT2D eigenvalue weighted by Gasteiger charge is -2.35. The molecule has 0 aromatic carbocycles. The zero-order valence-electron chi connectivity index (χ0n) is 14.7. The molecule has 5 nitrogen and oxygen atoms in total. The molecule has 0 aromatic rings. The Balaban J connectivity index is 1.84. The predicted octanol–water partition coefficient (Wildman–Crippen LogP) is 1.99. The number of nitrogens with one attached hydrogen (secondary N) is 2. The van der Waals surface area contributed by atoms with Gasteiger partial charge in [-0.05, 0) is 52.6 Å². The van der Waals surface area contributed by atoms with Crippen molar-refractivity contribution in [1.82, 2.24) is 15.5 Å². The maximum Gasteiger partial charge on any atom is 0.191 e. The van der Waals surface area contributed by atoms with Crippen molar-refractivity contribution in [3.05, 3.63) is 0 Å². The molecule has 2 unspecified atom stereocenters. The van der Waals surface area contributed by atoms with Gasteiger partial charge in [0, 0.05) is 25.7 Å². The van der Waals surface area contributed by atoms with Crippen LogP contribution in [0.15, 0.2) is 4.99 Å². The fourth-order valence-corrected chi connectivity index (χ4v) is 3.47. The third-order valence-corrected chi connectivity index (χ3v) is 4.88. The molecule has 0 radical (unpaired) electrons. The van der Waals surface area contributed by atoms with Crippen LogP contribution >= 0.6 is 0 Å². The zero-order chi connectivity index (χ0) is 15.8. The third kappa shape index (κ3) is 5.13. The van der Waals surface area contributed by atoms with Crippen LogP contribution in [0.3, 0.4) is 0 Å². The van der Waals surface area contributed by atoms with Crippen LogP contribution in [0.2, 0.25) is 0 Å². The lowest BCUT2D eigenvalue weighted by molar-refractivity contribution is 0.0283. The van der Waals surface area contributed by atoms with Crippen LogP contribution < -0.4 is 10.6 Å². The highest BCUT2D eigenvalue weighted by Crippen LogP contribution is 2.25. The number of piperidine rings is 1. The summed E-state index contributed by atoms with van der Waals surface area (Å²) in [6, 6.07) is 0.640. The first-order valence-electron chi connectivity index (χ1n) is 9.07. The van der Waals surface area contributed by atoms with Crippen molar-refractivity contribution in [3.63, 3.8) is 0 Å². The van der Waals surface area contributed by atoms with Gasteiger partial charge in [-0.3, -0.25) is 9.89 Å². The van der Waals surface area contributed by atoms with Crippen molar-refractivity contribution < 1.29 is 4.74 Å². The molecule has 2 atom stereocenters. The van der Waals surface area contributed by atoms with E-state index in [4.69, 9.17) is 9.73 Å². The highest BCUT2D eigenvalue weighted by atomic mass is 16.5. The van der Waals surface area contributed by atoms with E-state index in [9.17, 15) is 0 Å². The Morgan fingerprint density at radius 3 is 2.82 bits per heavy atom. The Morgan fingerprint density at radius 2 is 2.14 bits per heavy atom. The molecule has 2 heterocycles. The lowest BCUT2D eigenvalue weighted by Crippen LogP contribution is -2.49. The third-order valence-electron chi connectivity index (χ3n) is 4.88. The second kappa shape index (κ2) is 8.73. The van der Waals surface area contributed by atoms with Crippen molar-refractivity contribution in [3.8, 4) is 0 Å². The van der Waals surface area contributed by atoms with Gasteiger partial charge in [-0.25, -0.2) is 0 Å². The van der Waals surface area contributed by atoms with Crippen LogP contribution in [0.25, 0.3) is 0 Å². The molecule has 2 rings (SSSR count). The maximum absolute atomic E-state index is 5.83. The number of rotatable bonds is 6. The second-order valence-corrected chi connectivity index (χ2v) is 6.76. The minimum absolute atomic E-state index is 0.0668. The molecule has 0 aromatic heterocycles. The highest BCUT2D eigenvalue weighted by molar-refractivity contribution is 5.79. The van der Waals surface area contributed by atoms with Gasteiger partial charge < -0.3 is 15.4 Å². The topological polar surface area (TPSA) is 48.9 Å². The molecule has 0 amide bonds. The van der Waals surface area contributed by atoms with Gasteiger partial charge in [0.05, 0.1) is 12.1 Å². The van der Waals surface area contributed by atoms with Crippen LogP contribution in [0.4, 0.5) is 0 Å². The standard InChI is InChI=1S/C17H34N4O/c1-4-18-16(20-14-17(3)10-8-12-22-17)19-13-15-9-6-7-11-21(15)5-2/h15H,4-14H2,1-3H3,(H2,18,19,20). The van der Waals surface area contributed by atoms with Gasteiger partial charge in [-0.15, -0.1) is 0 Å². The number of likely N-dealkylation sites (N-methyl/N-ethyl adjacent to an activating group) is 1. The van der Waals surface area contributed by atoms with Gasteiger partial charge in [0.15, 0.2) is 5.96 Å². The van der Waals surface area contributed by atoms with E-state index >= 15 is 0 Å². The van der Waals surface area contributed by atoms with Crippen LogP contribution in [0.5, 0.6) is 0 Å². The Morgan fingerprint density at radius 1 is 1.27 bits per heavy atom. The smallest absolute Gasteiger partial charge is 0.191 e. The fourth-order valence-electron chi connectivity index (χ4n) is 3.47. The summed E-state index contributed by atoms with van der Waals surface area (Å²) in [7, 11) is 0. The SMILES string of the molecule is CCNC(=NCC1(C)CCCO1)NCC1CCCCN1CC. The highest BCUT2D eigenvalue weighted by Gasteiger charge is 2.29. The molecule has 0 spiro atoms. The summed E-state index contributed by atoms with van der Waals surface area (Å²) in [6.07, 6.45) is 6.25. The van der Waals surface area contributed by atoms with E-state index in [1.807, 2.05) is 0 Å². The fraction of sp³-hybridized carbons (Fsp3) is 0.941. The second-order valence-electron chi connectivity index (χ2n) is 6.76. The molecule has 2 N–H and O–H groups in total. The van der Waals surface area contributed by atoms with Gasteiger partial charge in [-0.2, -0.15) is 0 Å². The van der Waals surface area contributed by atoms with Crippen molar-refractivity contribution in [1.29, 1.82) is 0 Å². The first-order valence-corrected chi connectivity index (χ1v) is 9.07. The van der Waals surface area contributed by atoms with Crippen molar-refractivity contribution >= 4 is 5.96 Å². The van der Waals surface area contributed by atoms with E-state index in [1.165, 1.54) is 25.8 Å². The molecule has 2 aliphatic heterocycles. The molecule has 128 valence electrons. The molecule has 2 fully saturated rings. The monoisotopic (exact) mass is 310 g/mol. The number of likely N-dealkylation sites (tertiary alicyclic amines) is 1. The predicted molar refractivity (Wildman–Crippen MR) is 92.5 cm³/mol. The average Bonchev–Trinajstić information content (AvgIpc) is 2.97. The summed E-state index contributed by atoms with van der Waals surface area (Å²) in [4.78, 5) is 7.34. The van der Waals surface area contributed by atoms with E-state index in [1.54, 1.807) is 0 Å². The Hall–Kier alpha value is -0.810. The number of hydrogen-bond acceptors (Lipinski definition) is 3. The quantitative estimate of drug-likeness (QED) is 0.582. The minimum atomic E-state index is -0.0668. The van der Waals surface area contributed by atoms with E-state index < -0.39 is 0 Å². The molecule has 5 heteroatoms. The Kier molecular flexibility index (Phi) is 6.96. The Labute approximate surface area is 135 Å². The summed E-state index contributed by atoms with van der Waals surface area (Å²) in [5, 5.41) is 6.90. The van der Waals surface area contributed by atoms with Crippen LogP contribution in [-0.2, 0) is 4.74 Å². The molecule has 0 saturated carbocycles. The molecule has 22 heavy (non-hydrogen) atoms. The van der Waals surface area contributed by atoms with Crippen LogP contribution in [-0.4, -0.2) is 61.8 Å². The normalized spacial score (nSPS) is 30.5. The zero-order valence-corrected chi connectivity index (χ0v) is 14.7. The van der Waals surface area contributed by atoms with Crippen LogP contribution in [0.1, 0.15) is 52.9 Å². The number of nitrogens with zero attached hydrogens (tertiary/aromatic N) is 2. The van der Waals surface area contributed by atoms with E-state index in [0.29, 0.717) is 6.04 Å². The maximum atomic E-state index is 5.83. The van der Waals surface area contributed by atoms with Gasteiger partial charge >= 0.3 is 0 Å². The summed E-state index contributed by atoms with van der Waals surface area (Å²) in [5.41, 5.74) is -0.0668.